The third kappa shape index (κ3) is 4.12. The number of anilines is 1. The standard InChI is InChI=1S/C18H20N8O2/c1-13-9-17(25-5-7-28-8-6-25)22-16(21-13)11-19-18(27)14-3-2-4-15(10-14)26-12-20-23-24-26/h2-4,9-10,12H,5-8,11H2,1H3,(H,19,27). The maximum absolute atomic E-state index is 12.6. The summed E-state index contributed by atoms with van der Waals surface area (Å²) in [5.41, 5.74) is 2.08. The number of carbonyl (C=O) groups is 1. The number of carbonyl (C=O) groups excluding carboxylic acids is 1. The van der Waals surface area contributed by atoms with Gasteiger partial charge in [0.05, 0.1) is 25.4 Å². The molecule has 3 heterocycles. The zero-order valence-electron chi connectivity index (χ0n) is 15.4. The van der Waals surface area contributed by atoms with Gasteiger partial charge in [0.2, 0.25) is 0 Å². The molecule has 10 nitrogen and oxygen atoms in total. The summed E-state index contributed by atoms with van der Waals surface area (Å²) in [4.78, 5) is 23.8. The quantitative estimate of drug-likeness (QED) is 0.682. The molecule has 0 atom stereocenters. The van der Waals surface area contributed by atoms with Gasteiger partial charge in [-0.1, -0.05) is 6.07 Å². The first kappa shape index (κ1) is 18.0. The van der Waals surface area contributed by atoms with Gasteiger partial charge in [0.15, 0.2) is 0 Å². The summed E-state index contributed by atoms with van der Waals surface area (Å²) in [7, 11) is 0. The average Bonchev–Trinajstić information content (AvgIpc) is 3.27. The molecule has 0 unspecified atom stereocenters. The van der Waals surface area contributed by atoms with Gasteiger partial charge in [-0.15, -0.1) is 5.10 Å². The molecular formula is C18H20N8O2. The van der Waals surface area contributed by atoms with Crippen molar-refractivity contribution in [3.05, 3.63) is 53.7 Å². The van der Waals surface area contributed by atoms with Gasteiger partial charge in [0.25, 0.3) is 5.91 Å². The lowest BCUT2D eigenvalue weighted by Gasteiger charge is -2.28. The van der Waals surface area contributed by atoms with Crippen LogP contribution in [0.15, 0.2) is 36.7 Å². The number of nitrogens with zero attached hydrogens (tertiary/aromatic N) is 7. The fourth-order valence-electron chi connectivity index (χ4n) is 2.98. The summed E-state index contributed by atoms with van der Waals surface area (Å²) >= 11 is 0. The molecule has 1 aromatic carbocycles. The normalized spacial score (nSPS) is 14.1. The van der Waals surface area contributed by atoms with Crippen molar-refractivity contribution in [3.8, 4) is 5.69 Å². The van der Waals surface area contributed by atoms with Crippen LogP contribution in [0.3, 0.4) is 0 Å². The summed E-state index contributed by atoms with van der Waals surface area (Å²) in [5.74, 6) is 1.22. The Morgan fingerprint density at radius 2 is 2.07 bits per heavy atom. The first-order valence-electron chi connectivity index (χ1n) is 8.98. The molecule has 3 aromatic rings. The maximum atomic E-state index is 12.6. The Labute approximate surface area is 161 Å². The van der Waals surface area contributed by atoms with Gasteiger partial charge in [0, 0.05) is 30.4 Å². The Hall–Kier alpha value is -3.40. The van der Waals surface area contributed by atoms with Crippen molar-refractivity contribution in [2.75, 3.05) is 31.2 Å². The monoisotopic (exact) mass is 380 g/mol. The van der Waals surface area contributed by atoms with Crippen LogP contribution < -0.4 is 10.2 Å². The molecule has 0 spiro atoms. The number of tetrazole rings is 1. The number of aryl methyl sites for hydroxylation is 1. The highest BCUT2D eigenvalue weighted by Gasteiger charge is 2.15. The van der Waals surface area contributed by atoms with Gasteiger partial charge >= 0.3 is 0 Å². The van der Waals surface area contributed by atoms with Gasteiger partial charge in [-0.25, -0.2) is 14.6 Å². The van der Waals surface area contributed by atoms with Crippen molar-refractivity contribution in [1.29, 1.82) is 0 Å². The molecule has 1 aliphatic rings. The fraction of sp³-hybridized carbons (Fsp3) is 0.333. The highest BCUT2D eigenvalue weighted by atomic mass is 16.5. The molecule has 0 aliphatic carbocycles. The van der Waals surface area contributed by atoms with Crippen molar-refractivity contribution < 1.29 is 9.53 Å². The fourth-order valence-corrected chi connectivity index (χ4v) is 2.98. The molecule has 1 fully saturated rings. The number of rotatable bonds is 5. The summed E-state index contributed by atoms with van der Waals surface area (Å²) in [5, 5.41) is 13.9. The van der Waals surface area contributed by atoms with Crippen LogP contribution in [0.2, 0.25) is 0 Å². The van der Waals surface area contributed by atoms with Gasteiger partial charge in [-0.3, -0.25) is 4.79 Å². The van der Waals surface area contributed by atoms with E-state index in [2.05, 4.69) is 35.7 Å². The minimum absolute atomic E-state index is 0.215. The van der Waals surface area contributed by atoms with E-state index in [0.717, 1.165) is 24.6 Å². The lowest BCUT2D eigenvalue weighted by Crippen LogP contribution is -2.37. The van der Waals surface area contributed by atoms with Gasteiger partial charge in [0.1, 0.15) is 18.0 Å². The predicted molar refractivity (Wildman–Crippen MR) is 100 cm³/mol. The number of ether oxygens (including phenoxy) is 1. The number of nitrogens with one attached hydrogen (secondary N) is 1. The zero-order chi connectivity index (χ0) is 19.3. The number of morpholine rings is 1. The van der Waals surface area contributed by atoms with E-state index in [1.54, 1.807) is 18.2 Å². The van der Waals surface area contributed by atoms with Gasteiger partial charge in [-0.2, -0.15) is 0 Å². The highest BCUT2D eigenvalue weighted by Crippen LogP contribution is 2.14. The summed E-state index contributed by atoms with van der Waals surface area (Å²) in [6.07, 6.45) is 1.48. The van der Waals surface area contributed by atoms with Crippen LogP contribution in [0.1, 0.15) is 21.9 Å². The van der Waals surface area contributed by atoms with Crippen molar-refractivity contribution in [2.45, 2.75) is 13.5 Å². The minimum atomic E-state index is -0.215. The van der Waals surface area contributed by atoms with Crippen LogP contribution in [0, 0.1) is 6.92 Å². The van der Waals surface area contributed by atoms with Crippen LogP contribution in [0.25, 0.3) is 5.69 Å². The van der Waals surface area contributed by atoms with E-state index in [1.807, 2.05) is 19.1 Å². The van der Waals surface area contributed by atoms with E-state index in [0.29, 0.717) is 30.3 Å². The second-order valence-corrected chi connectivity index (χ2v) is 6.37. The lowest BCUT2D eigenvalue weighted by atomic mass is 10.2. The van der Waals surface area contributed by atoms with Crippen molar-refractivity contribution >= 4 is 11.7 Å². The molecule has 4 rings (SSSR count). The minimum Gasteiger partial charge on any atom is -0.378 e. The van der Waals surface area contributed by atoms with E-state index in [9.17, 15) is 4.79 Å². The number of hydrogen-bond acceptors (Lipinski definition) is 8. The molecule has 2 aromatic heterocycles. The molecule has 1 saturated heterocycles. The van der Waals surface area contributed by atoms with Crippen LogP contribution in [-0.4, -0.2) is 62.4 Å². The molecule has 0 saturated carbocycles. The smallest absolute Gasteiger partial charge is 0.251 e. The molecule has 0 radical (unpaired) electrons. The number of benzene rings is 1. The molecule has 1 amide bonds. The van der Waals surface area contributed by atoms with Crippen LogP contribution >= 0.6 is 0 Å². The van der Waals surface area contributed by atoms with Crippen LogP contribution in [0.5, 0.6) is 0 Å². The second-order valence-electron chi connectivity index (χ2n) is 6.37. The highest BCUT2D eigenvalue weighted by molar-refractivity contribution is 5.94. The first-order chi connectivity index (χ1) is 13.7. The largest absolute Gasteiger partial charge is 0.378 e. The van der Waals surface area contributed by atoms with E-state index >= 15 is 0 Å². The molecule has 1 N–H and O–H groups in total. The number of amides is 1. The van der Waals surface area contributed by atoms with Crippen molar-refractivity contribution in [1.82, 2.24) is 35.5 Å². The Balaban J connectivity index is 1.45. The Morgan fingerprint density at radius 3 is 2.86 bits per heavy atom. The van der Waals surface area contributed by atoms with Gasteiger partial charge < -0.3 is 15.0 Å². The first-order valence-corrected chi connectivity index (χ1v) is 8.98. The molecule has 10 heteroatoms. The second kappa shape index (κ2) is 8.09. The summed E-state index contributed by atoms with van der Waals surface area (Å²) in [6, 6.07) is 9.02. The molecule has 28 heavy (non-hydrogen) atoms. The molecular weight excluding hydrogens is 360 g/mol. The summed E-state index contributed by atoms with van der Waals surface area (Å²) < 4.78 is 6.89. The van der Waals surface area contributed by atoms with Crippen LogP contribution in [-0.2, 0) is 11.3 Å². The van der Waals surface area contributed by atoms with E-state index in [4.69, 9.17) is 4.74 Å². The SMILES string of the molecule is Cc1cc(N2CCOCC2)nc(CNC(=O)c2cccc(-n3cnnn3)c2)n1. The van der Waals surface area contributed by atoms with Crippen LogP contribution in [0.4, 0.5) is 5.82 Å². The van der Waals surface area contributed by atoms with E-state index < -0.39 is 0 Å². The molecule has 144 valence electrons. The zero-order valence-corrected chi connectivity index (χ0v) is 15.4. The van der Waals surface area contributed by atoms with Gasteiger partial charge in [-0.05, 0) is 35.5 Å². The maximum Gasteiger partial charge on any atom is 0.251 e. The molecule has 1 aliphatic heterocycles. The average molecular weight is 380 g/mol. The van der Waals surface area contributed by atoms with Crippen molar-refractivity contribution in [3.63, 3.8) is 0 Å². The topological polar surface area (TPSA) is 111 Å². The number of hydrogen-bond donors (Lipinski definition) is 1. The Bertz CT molecular complexity index is 954. The lowest BCUT2D eigenvalue weighted by molar-refractivity contribution is 0.0950. The summed E-state index contributed by atoms with van der Waals surface area (Å²) in [6.45, 7) is 5.14. The molecule has 0 bridgehead atoms. The van der Waals surface area contributed by atoms with E-state index in [1.165, 1.54) is 11.0 Å². The van der Waals surface area contributed by atoms with E-state index in [-0.39, 0.29) is 12.5 Å². The predicted octanol–water partition coefficient (Wildman–Crippen LogP) is 0.527. The Morgan fingerprint density at radius 1 is 1.21 bits per heavy atom. The number of aromatic nitrogens is 6. The van der Waals surface area contributed by atoms with Crippen molar-refractivity contribution in [2.24, 2.45) is 0 Å². The third-order valence-electron chi connectivity index (χ3n) is 4.35. The Kier molecular flexibility index (Phi) is 5.20. The third-order valence-corrected chi connectivity index (χ3v) is 4.35.